The van der Waals surface area contributed by atoms with Crippen LogP contribution < -0.4 is 21.3 Å². The number of rotatable bonds is 7. The zero-order valence-corrected chi connectivity index (χ0v) is 11.5. The van der Waals surface area contributed by atoms with E-state index in [9.17, 15) is 14.4 Å². The minimum atomic E-state index is -0.676. The minimum absolute atomic E-state index is 0.243. The summed E-state index contributed by atoms with van der Waals surface area (Å²) >= 11 is 0. The van der Waals surface area contributed by atoms with E-state index >= 15 is 0 Å². The molecule has 0 bridgehead atoms. The summed E-state index contributed by atoms with van der Waals surface area (Å²) in [5.41, 5.74) is 0. The molecule has 110 valence electrons. The van der Waals surface area contributed by atoms with Gasteiger partial charge in [-0.05, 0) is 19.3 Å². The molecule has 0 aromatic rings. The van der Waals surface area contributed by atoms with E-state index in [0.717, 1.165) is 0 Å². The molecule has 8 nitrogen and oxygen atoms in total. The molecule has 0 aromatic heterocycles. The Hall–Kier alpha value is -1.99. The maximum atomic E-state index is 11.4. The van der Waals surface area contributed by atoms with E-state index in [4.69, 9.17) is 0 Å². The molecule has 4 amide bonds. The van der Waals surface area contributed by atoms with Gasteiger partial charge in [0.25, 0.3) is 0 Å². The first-order valence-electron chi connectivity index (χ1n) is 6.06. The Morgan fingerprint density at radius 2 is 1.68 bits per heavy atom. The molecule has 0 aromatic carbocycles. The summed E-state index contributed by atoms with van der Waals surface area (Å²) in [6.07, 6.45) is 1.83. The lowest BCUT2D eigenvalue weighted by molar-refractivity contribution is -0.143. The van der Waals surface area contributed by atoms with Crippen LogP contribution in [0.25, 0.3) is 0 Å². The summed E-state index contributed by atoms with van der Waals surface area (Å²) in [4.78, 5) is 33.5. The van der Waals surface area contributed by atoms with Crippen LogP contribution in [0.1, 0.15) is 19.3 Å². The number of amides is 4. The van der Waals surface area contributed by atoms with Gasteiger partial charge in [0.05, 0.1) is 7.11 Å². The van der Waals surface area contributed by atoms with Gasteiger partial charge in [0, 0.05) is 20.6 Å². The van der Waals surface area contributed by atoms with Crippen molar-refractivity contribution in [2.75, 3.05) is 27.7 Å². The average Bonchev–Trinajstić information content (AvgIpc) is 2.43. The fraction of sp³-hybridized carbons (Fsp3) is 0.727. The molecule has 0 aliphatic carbocycles. The van der Waals surface area contributed by atoms with E-state index in [1.54, 1.807) is 0 Å². The van der Waals surface area contributed by atoms with E-state index in [1.165, 1.54) is 21.2 Å². The summed E-state index contributed by atoms with van der Waals surface area (Å²) in [7, 11) is 4.28. The third-order valence-electron chi connectivity index (χ3n) is 2.45. The monoisotopic (exact) mass is 274 g/mol. The maximum Gasteiger partial charge on any atom is 0.328 e. The summed E-state index contributed by atoms with van der Waals surface area (Å²) in [6.45, 7) is 0.507. The van der Waals surface area contributed by atoms with E-state index in [0.29, 0.717) is 25.8 Å². The first-order valence-corrected chi connectivity index (χ1v) is 6.06. The van der Waals surface area contributed by atoms with Crippen LogP contribution in [0.5, 0.6) is 0 Å². The van der Waals surface area contributed by atoms with Crippen LogP contribution in [-0.4, -0.2) is 51.8 Å². The predicted octanol–water partition coefficient (Wildman–Crippen LogP) is -0.444. The molecule has 0 fully saturated rings. The molecule has 19 heavy (non-hydrogen) atoms. The van der Waals surface area contributed by atoms with Crippen molar-refractivity contribution in [3.05, 3.63) is 0 Å². The Morgan fingerprint density at radius 1 is 1.05 bits per heavy atom. The molecule has 0 radical (unpaired) electrons. The zero-order valence-electron chi connectivity index (χ0n) is 11.5. The van der Waals surface area contributed by atoms with Crippen LogP contribution in [0.4, 0.5) is 9.59 Å². The molecule has 1 atom stereocenters. The Bertz CT molecular complexity index is 309. The molecule has 1 unspecified atom stereocenters. The lowest BCUT2D eigenvalue weighted by atomic mass is 10.1. The average molecular weight is 274 g/mol. The first-order chi connectivity index (χ1) is 9.04. The summed E-state index contributed by atoms with van der Waals surface area (Å²) in [5, 5.41) is 9.95. The van der Waals surface area contributed by atoms with Crippen molar-refractivity contribution in [2.45, 2.75) is 25.3 Å². The molecule has 0 aliphatic rings. The predicted molar refractivity (Wildman–Crippen MR) is 69.7 cm³/mol. The topological polar surface area (TPSA) is 109 Å². The number of unbranched alkanes of at least 4 members (excludes halogenated alkanes) is 1. The van der Waals surface area contributed by atoms with Crippen LogP contribution in [0.3, 0.4) is 0 Å². The van der Waals surface area contributed by atoms with Gasteiger partial charge in [0.2, 0.25) is 0 Å². The van der Waals surface area contributed by atoms with E-state index < -0.39 is 18.0 Å². The van der Waals surface area contributed by atoms with Crippen LogP contribution in [0, 0.1) is 0 Å². The number of nitrogens with one attached hydrogen (secondary N) is 4. The second-order valence-corrected chi connectivity index (χ2v) is 3.80. The largest absolute Gasteiger partial charge is 0.467 e. The molecule has 0 rings (SSSR count). The maximum absolute atomic E-state index is 11.4. The van der Waals surface area contributed by atoms with E-state index in [2.05, 4.69) is 26.0 Å². The van der Waals surface area contributed by atoms with E-state index in [-0.39, 0.29) is 6.03 Å². The standard InChI is InChI=1S/C11H22N4O4/c1-12-10(17)14-7-5-4-6-8(9(16)19-3)15-11(18)13-2/h8H,4-7H2,1-3H3,(H2,12,14,17)(H2,13,15,18). The molecular weight excluding hydrogens is 252 g/mol. The fourth-order valence-electron chi connectivity index (χ4n) is 1.39. The number of ether oxygens (including phenoxy) is 1. The van der Waals surface area contributed by atoms with Crippen molar-refractivity contribution in [3.63, 3.8) is 0 Å². The Balaban J connectivity index is 3.96. The fourth-order valence-corrected chi connectivity index (χ4v) is 1.39. The number of hydrogen-bond donors (Lipinski definition) is 4. The van der Waals surface area contributed by atoms with Crippen molar-refractivity contribution in [3.8, 4) is 0 Å². The summed E-state index contributed by atoms with van der Waals surface area (Å²) in [6, 6.07) is -1.35. The number of carbonyl (C=O) groups is 3. The Labute approximate surface area is 112 Å². The van der Waals surface area contributed by atoms with Gasteiger partial charge < -0.3 is 26.0 Å². The van der Waals surface area contributed by atoms with Gasteiger partial charge in [-0.3, -0.25) is 0 Å². The SMILES string of the molecule is CNC(=O)NCCCCC(NC(=O)NC)C(=O)OC. The van der Waals surface area contributed by atoms with Gasteiger partial charge in [-0.1, -0.05) is 0 Å². The van der Waals surface area contributed by atoms with Crippen LogP contribution >= 0.6 is 0 Å². The Morgan fingerprint density at radius 3 is 2.21 bits per heavy atom. The minimum Gasteiger partial charge on any atom is -0.467 e. The van der Waals surface area contributed by atoms with Crippen molar-refractivity contribution >= 4 is 18.0 Å². The summed E-state index contributed by atoms with van der Waals surface area (Å²) in [5.74, 6) is -0.483. The first kappa shape index (κ1) is 17.0. The molecule has 0 saturated carbocycles. The lowest BCUT2D eigenvalue weighted by Crippen LogP contribution is -2.45. The molecule has 0 aliphatic heterocycles. The van der Waals surface area contributed by atoms with Crippen molar-refractivity contribution in [2.24, 2.45) is 0 Å². The second kappa shape index (κ2) is 9.98. The number of methoxy groups -OCH3 is 1. The lowest BCUT2D eigenvalue weighted by Gasteiger charge is -2.16. The van der Waals surface area contributed by atoms with Gasteiger partial charge in [-0.15, -0.1) is 0 Å². The third-order valence-corrected chi connectivity index (χ3v) is 2.45. The highest BCUT2D eigenvalue weighted by molar-refractivity contribution is 5.83. The van der Waals surface area contributed by atoms with Gasteiger partial charge in [-0.2, -0.15) is 0 Å². The third kappa shape index (κ3) is 7.85. The number of esters is 1. The van der Waals surface area contributed by atoms with Crippen LogP contribution in [0.15, 0.2) is 0 Å². The van der Waals surface area contributed by atoms with Crippen LogP contribution in [0.2, 0.25) is 0 Å². The highest BCUT2D eigenvalue weighted by Crippen LogP contribution is 2.02. The van der Waals surface area contributed by atoms with Gasteiger partial charge >= 0.3 is 18.0 Å². The highest BCUT2D eigenvalue weighted by atomic mass is 16.5. The molecule has 0 spiro atoms. The van der Waals surface area contributed by atoms with Gasteiger partial charge in [0.1, 0.15) is 6.04 Å². The van der Waals surface area contributed by atoms with Crippen molar-refractivity contribution in [1.29, 1.82) is 0 Å². The zero-order chi connectivity index (χ0) is 14.7. The molecule has 0 saturated heterocycles. The number of urea groups is 2. The quantitative estimate of drug-likeness (QED) is 0.372. The smallest absolute Gasteiger partial charge is 0.328 e. The Kier molecular flexibility index (Phi) is 8.94. The van der Waals surface area contributed by atoms with Gasteiger partial charge in [0.15, 0.2) is 0 Å². The van der Waals surface area contributed by atoms with Gasteiger partial charge in [-0.25, -0.2) is 14.4 Å². The summed E-state index contributed by atoms with van der Waals surface area (Å²) < 4.78 is 4.61. The number of hydrogen-bond acceptors (Lipinski definition) is 4. The second-order valence-electron chi connectivity index (χ2n) is 3.80. The highest BCUT2D eigenvalue weighted by Gasteiger charge is 2.20. The van der Waals surface area contributed by atoms with E-state index in [1.807, 2.05) is 0 Å². The van der Waals surface area contributed by atoms with Crippen LogP contribution in [-0.2, 0) is 9.53 Å². The molecule has 8 heteroatoms. The van der Waals surface area contributed by atoms with Crippen molar-refractivity contribution in [1.82, 2.24) is 21.3 Å². The van der Waals surface area contributed by atoms with Crippen molar-refractivity contribution < 1.29 is 19.1 Å². The molecule has 0 heterocycles. The number of carbonyl (C=O) groups excluding carboxylic acids is 3. The molecule has 4 N–H and O–H groups in total. The normalized spacial score (nSPS) is 11.1. The molecular formula is C11H22N4O4.